The minimum Gasteiger partial charge on any atom is -0.507 e. The molecule has 0 bridgehead atoms. The predicted molar refractivity (Wildman–Crippen MR) is 95.3 cm³/mol. The predicted octanol–water partition coefficient (Wildman–Crippen LogP) is 5.74. The Balaban J connectivity index is 2.07. The van der Waals surface area contributed by atoms with Crippen LogP contribution in [0.15, 0.2) is 23.8 Å². The summed E-state index contributed by atoms with van der Waals surface area (Å²) in [5, 5.41) is 10.7. The number of aromatic hydroxyl groups is 1. The number of ether oxygens (including phenoxy) is 1. The van der Waals surface area contributed by atoms with Gasteiger partial charge in [-0.15, -0.1) is 0 Å². The number of allylic oxidation sites excluding steroid dienone is 2. The molecule has 1 aromatic carbocycles. The van der Waals surface area contributed by atoms with Crippen molar-refractivity contribution >= 4 is 0 Å². The first kappa shape index (κ1) is 12.9. The maximum absolute atomic E-state index is 10.7. The van der Waals surface area contributed by atoms with Crippen molar-refractivity contribution in [3.8, 4) is 11.5 Å². The van der Waals surface area contributed by atoms with Crippen LogP contribution < -0.4 is 4.74 Å². The van der Waals surface area contributed by atoms with Gasteiger partial charge in [-0.05, 0) is 64.1 Å². The molecule has 0 saturated heterocycles. The quantitative estimate of drug-likeness (QED) is 0.567. The van der Waals surface area contributed by atoms with Crippen LogP contribution >= 0.6 is 0 Å². The summed E-state index contributed by atoms with van der Waals surface area (Å²) in [6.45, 7) is 3.73. The Bertz CT molecular complexity index is 708. The summed E-state index contributed by atoms with van der Waals surface area (Å²) >= 11 is 0. The Morgan fingerprint density at radius 3 is 2.96 bits per heavy atom. The summed E-state index contributed by atoms with van der Waals surface area (Å²) < 4.78 is 30.5. The van der Waals surface area contributed by atoms with Crippen LogP contribution in [0.1, 0.15) is 80.9 Å². The Morgan fingerprint density at radius 2 is 2.22 bits per heavy atom. The average Bonchev–Trinajstić information content (AvgIpc) is 2.53. The first-order valence-electron chi connectivity index (χ1n) is 10.4. The molecule has 1 aliphatic heterocycles. The van der Waals surface area contributed by atoms with Gasteiger partial charge in [-0.1, -0.05) is 31.4 Å². The van der Waals surface area contributed by atoms with Gasteiger partial charge >= 0.3 is 0 Å². The van der Waals surface area contributed by atoms with Gasteiger partial charge in [0.1, 0.15) is 17.1 Å². The molecule has 2 aliphatic rings. The summed E-state index contributed by atoms with van der Waals surface area (Å²) in [6.07, 6.45) is 7.97. The molecule has 0 saturated carbocycles. The van der Waals surface area contributed by atoms with Gasteiger partial charge in [-0.25, -0.2) is 0 Å². The summed E-state index contributed by atoms with van der Waals surface area (Å²) in [7, 11) is 0. The Kier molecular flexibility index (Phi) is 3.49. The van der Waals surface area contributed by atoms with E-state index in [1.807, 2.05) is 12.1 Å². The van der Waals surface area contributed by atoms with Crippen LogP contribution in [-0.2, 0) is 6.42 Å². The van der Waals surface area contributed by atoms with Crippen molar-refractivity contribution in [2.45, 2.75) is 77.7 Å². The lowest BCUT2D eigenvalue weighted by Gasteiger charge is -2.46. The number of phenolic OH excluding ortho intramolecular Hbond substituents is 1. The highest BCUT2D eigenvalue weighted by atomic mass is 16.5. The van der Waals surface area contributed by atoms with E-state index < -0.39 is 12.5 Å². The molecule has 0 fully saturated rings. The highest BCUT2D eigenvalue weighted by molar-refractivity contribution is 5.53. The van der Waals surface area contributed by atoms with Crippen molar-refractivity contribution in [2.24, 2.45) is 5.92 Å². The summed E-state index contributed by atoms with van der Waals surface area (Å²) in [4.78, 5) is 0. The number of phenols is 1. The maximum Gasteiger partial charge on any atom is 0.127 e. The molecule has 1 N–H and O–H groups in total. The van der Waals surface area contributed by atoms with Crippen molar-refractivity contribution in [1.82, 2.24) is 0 Å². The molecular formula is C21H30O2. The first-order chi connectivity index (χ1) is 12.2. The summed E-state index contributed by atoms with van der Waals surface area (Å²) in [5.74, 6) is 0.510. The number of aryl methyl sites for hydroxylation is 1. The number of hydrogen-bond donors (Lipinski definition) is 1. The van der Waals surface area contributed by atoms with Gasteiger partial charge < -0.3 is 9.84 Å². The number of hydrogen-bond acceptors (Lipinski definition) is 2. The van der Waals surface area contributed by atoms with Crippen LogP contribution in [-0.4, -0.2) is 10.7 Å². The molecular weight excluding hydrogens is 284 g/mol. The van der Waals surface area contributed by atoms with Crippen molar-refractivity contribution in [2.75, 3.05) is 0 Å². The average molecular weight is 317 g/mol. The number of rotatable bonds is 4. The van der Waals surface area contributed by atoms with Crippen molar-refractivity contribution < 1.29 is 14.0 Å². The molecule has 0 amide bonds. The second kappa shape index (κ2) is 6.22. The van der Waals surface area contributed by atoms with E-state index in [0.717, 1.165) is 49.7 Å². The van der Waals surface area contributed by atoms with Crippen molar-refractivity contribution in [3.05, 3.63) is 34.9 Å². The van der Waals surface area contributed by atoms with Gasteiger partial charge in [0.15, 0.2) is 0 Å². The summed E-state index contributed by atoms with van der Waals surface area (Å²) in [5.41, 5.74) is 1.78. The third-order valence-electron chi connectivity index (χ3n) is 5.36. The van der Waals surface area contributed by atoms with Crippen LogP contribution in [0.2, 0.25) is 0 Å². The SMILES string of the molecule is [2H]C([2H])([2H])C1(C)Oc2cc(CCCCC)cc(O)c2[C@@H]2C=C(C)CC[C@H]21. The zero-order chi connectivity index (χ0) is 19.1. The van der Waals surface area contributed by atoms with Gasteiger partial charge in [0.2, 0.25) is 0 Å². The normalized spacial score (nSPS) is 31.8. The van der Waals surface area contributed by atoms with E-state index in [-0.39, 0.29) is 17.6 Å². The van der Waals surface area contributed by atoms with E-state index in [9.17, 15) is 5.11 Å². The smallest absolute Gasteiger partial charge is 0.127 e. The zero-order valence-electron chi connectivity index (χ0n) is 17.5. The van der Waals surface area contributed by atoms with Crippen LogP contribution in [0.3, 0.4) is 0 Å². The molecule has 2 nitrogen and oxygen atoms in total. The number of benzene rings is 1. The lowest BCUT2D eigenvalue weighted by molar-refractivity contribution is 0.0107. The highest BCUT2D eigenvalue weighted by Gasteiger charge is 2.45. The van der Waals surface area contributed by atoms with E-state index in [2.05, 4.69) is 19.9 Å². The van der Waals surface area contributed by atoms with Gasteiger partial charge in [0.05, 0.1) is 0 Å². The van der Waals surface area contributed by atoms with Crippen LogP contribution in [0.4, 0.5) is 0 Å². The second-order valence-corrected chi connectivity index (χ2v) is 7.38. The van der Waals surface area contributed by atoms with Gasteiger partial charge in [-0.3, -0.25) is 0 Å². The second-order valence-electron chi connectivity index (χ2n) is 7.38. The third-order valence-corrected chi connectivity index (χ3v) is 5.36. The molecule has 0 aromatic heterocycles. The highest BCUT2D eigenvalue weighted by Crippen LogP contribution is 2.53. The number of unbranched alkanes of at least 4 members (excludes halogenated alkanes) is 2. The molecule has 3 atom stereocenters. The Hall–Kier alpha value is -1.44. The molecule has 1 heterocycles. The van der Waals surface area contributed by atoms with E-state index in [1.165, 1.54) is 5.57 Å². The lowest BCUT2D eigenvalue weighted by atomic mass is 9.68. The minimum absolute atomic E-state index is 0.109. The third kappa shape index (κ3) is 3.13. The van der Waals surface area contributed by atoms with Crippen molar-refractivity contribution in [1.29, 1.82) is 0 Å². The fourth-order valence-corrected chi connectivity index (χ4v) is 4.09. The molecule has 3 rings (SSSR count). The van der Waals surface area contributed by atoms with Crippen LogP contribution in [0.25, 0.3) is 0 Å². The Morgan fingerprint density at radius 1 is 1.39 bits per heavy atom. The fourth-order valence-electron chi connectivity index (χ4n) is 4.09. The lowest BCUT2D eigenvalue weighted by Crippen LogP contribution is -2.45. The molecule has 0 radical (unpaired) electrons. The van der Waals surface area contributed by atoms with E-state index in [0.29, 0.717) is 5.75 Å². The molecule has 1 aromatic rings. The van der Waals surface area contributed by atoms with E-state index in [1.54, 1.807) is 6.92 Å². The monoisotopic (exact) mass is 317 g/mol. The number of fused-ring (bicyclic) bond motifs is 3. The largest absolute Gasteiger partial charge is 0.507 e. The molecule has 126 valence electrons. The topological polar surface area (TPSA) is 29.5 Å². The van der Waals surface area contributed by atoms with Crippen molar-refractivity contribution in [3.63, 3.8) is 0 Å². The first-order valence-corrected chi connectivity index (χ1v) is 8.89. The Labute approximate surface area is 144 Å². The zero-order valence-corrected chi connectivity index (χ0v) is 14.5. The van der Waals surface area contributed by atoms with Gasteiger partial charge in [0, 0.05) is 21.5 Å². The molecule has 2 heteroatoms. The molecule has 1 aliphatic carbocycles. The minimum atomic E-state index is -2.22. The standard InChI is InChI=1S/C21H30O2/c1-5-6-7-8-15-12-18(22)20-16-11-14(2)9-10-17(16)21(3,4)23-19(20)13-15/h11-13,16-17,22H,5-10H2,1-4H3/t16-,17-/m1/s1/i3D3/t16-,17-,21?. The van der Waals surface area contributed by atoms with Crippen LogP contribution in [0, 0.1) is 5.92 Å². The van der Waals surface area contributed by atoms with Crippen LogP contribution in [0.5, 0.6) is 11.5 Å². The molecule has 23 heavy (non-hydrogen) atoms. The fraction of sp³-hybridized carbons (Fsp3) is 0.619. The molecule has 0 spiro atoms. The molecule has 1 unspecified atom stereocenters. The van der Waals surface area contributed by atoms with E-state index >= 15 is 0 Å². The summed E-state index contributed by atoms with van der Waals surface area (Å²) in [6, 6.07) is 3.79. The maximum atomic E-state index is 10.7. The van der Waals surface area contributed by atoms with Gasteiger partial charge in [-0.2, -0.15) is 0 Å². The van der Waals surface area contributed by atoms with Gasteiger partial charge in [0.25, 0.3) is 0 Å². The van der Waals surface area contributed by atoms with E-state index in [4.69, 9.17) is 8.85 Å².